The van der Waals surface area contributed by atoms with Gasteiger partial charge in [-0.05, 0) is 24.3 Å². The Morgan fingerprint density at radius 2 is 2.12 bits per heavy atom. The van der Waals surface area contributed by atoms with Crippen molar-refractivity contribution in [3.05, 3.63) is 35.2 Å². The molecule has 0 spiro atoms. The summed E-state index contributed by atoms with van der Waals surface area (Å²) in [5, 5.41) is 6.97. The van der Waals surface area contributed by atoms with Crippen molar-refractivity contribution >= 4 is 11.6 Å². The fraction of sp³-hybridized carbons (Fsp3) is 0.333. The normalized spacial score (nSPS) is 19.7. The van der Waals surface area contributed by atoms with E-state index in [1.807, 2.05) is 24.3 Å². The summed E-state index contributed by atoms with van der Waals surface area (Å²) in [5.74, 6) is 1.37. The second kappa shape index (κ2) is 4.47. The van der Waals surface area contributed by atoms with E-state index < -0.39 is 0 Å². The van der Waals surface area contributed by atoms with Gasteiger partial charge in [-0.15, -0.1) is 0 Å². The minimum Gasteiger partial charge on any atom is -0.336 e. The van der Waals surface area contributed by atoms with Gasteiger partial charge in [-0.2, -0.15) is 4.98 Å². The van der Waals surface area contributed by atoms with E-state index in [9.17, 15) is 0 Å². The number of hydrogen-bond donors (Lipinski definition) is 1. The fourth-order valence-corrected chi connectivity index (χ4v) is 2.23. The molecule has 88 valence electrons. The Morgan fingerprint density at radius 1 is 1.29 bits per heavy atom. The maximum atomic E-state index is 5.84. The topological polar surface area (TPSA) is 55.5 Å². The standard InChI is InChI=1S/C12H12ClN3O/c13-9-5-3-8(4-6-9)11-15-12(17-16-11)10-2-1-7-14-10/h3-6,10,14H,1-2,7H2/p+1/t10-/m0/s1. The van der Waals surface area contributed by atoms with Crippen LogP contribution in [-0.2, 0) is 0 Å². The summed E-state index contributed by atoms with van der Waals surface area (Å²) >= 11 is 5.84. The van der Waals surface area contributed by atoms with E-state index in [4.69, 9.17) is 16.1 Å². The Balaban J connectivity index is 1.86. The molecule has 5 heteroatoms. The van der Waals surface area contributed by atoms with E-state index in [1.165, 1.54) is 6.42 Å². The zero-order chi connectivity index (χ0) is 11.7. The van der Waals surface area contributed by atoms with Gasteiger partial charge < -0.3 is 9.84 Å². The molecule has 0 radical (unpaired) electrons. The second-order valence-corrected chi connectivity index (χ2v) is 4.67. The van der Waals surface area contributed by atoms with Gasteiger partial charge >= 0.3 is 0 Å². The van der Waals surface area contributed by atoms with Gasteiger partial charge in [0.15, 0.2) is 6.04 Å². The quantitative estimate of drug-likeness (QED) is 0.884. The third-order valence-electron chi connectivity index (χ3n) is 3.03. The average Bonchev–Trinajstić information content (AvgIpc) is 3.00. The molecule has 17 heavy (non-hydrogen) atoms. The fourth-order valence-electron chi connectivity index (χ4n) is 2.10. The smallest absolute Gasteiger partial charge is 0.285 e. The number of benzene rings is 1. The van der Waals surface area contributed by atoms with E-state index in [0.29, 0.717) is 16.9 Å². The molecule has 0 bridgehead atoms. The van der Waals surface area contributed by atoms with Crippen LogP contribution in [0.2, 0.25) is 5.02 Å². The summed E-state index contributed by atoms with van der Waals surface area (Å²) in [6, 6.07) is 7.79. The summed E-state index contributed by atoms with van der Waals surface area (Å²) < 4.78 is 5.31. The molecule has 1 fully saturated rings. The van der Waals surface area contributed by atoms with Crippen molar-refractivity contribution in [1.29, 1.82) is 0 Å². The molecule has 4 nitrogen and oxygen atoms in total. The van der Waals surface area contributed by atoms with Crippen molar-refractivity contribution in [3.63, 3.8) is 0 Å². The first-order chi connectivity index (χ1) is 8.33. The molecule has 0 amide bonds. The molecule has 0 saturated carbocycles. The van der Waals surface area contributed by atoms with Gasteiger partial charge in [-0.3, -0.25) is 0 Å². The Hall–Kier alpha value is -1.39. The van der Waals surface area contributed by atoms with Gasteiger partial charge in [-0.25, -0.2) is 0 Å². The Kier molecular flexibility index (Phi) is 2.82. The lowest BCUT2D eigenvalue weighted by atomic mass is 10.2. The summed E-state index contributed by atoms with van der Waals surface area (Å²) in [5.41, 5.74) is 0.933. The molecule has 0 aliphatic carbocycles. The maximum Gasteiger partial charge on any atom is 0.285 e. The largest absolute Gasteiger partial charge is 0.336 e. The molecule has 0 unspecified atom stereocenters. The number of quaternary nitrogens is 1. The number of halogens is 1. The molecule has 2 aromatic rings. The van der Waals surface area contributed by atoms with Crippen LogP contribution in [0.25, 0.3) is 11.4 Å². The molecular formula is C12H13ClN3O+. The number of nitrogens with two attached hydrogens (primary N) is 1. The highest BCUT2D eigenvalue weighted by molar-refractivity contribution is 6.30. The lowest BCUT2D eigenvalue weighted by molar-refractivity contribution is -0.678. The van der Waals surface area contributed by atoms with Crippen LogP contribution in [0.5, 0.6) is 0 Å². The van der Waals surface area contributed by atoms with Crippen molar-refractivity contribution in [2.45, 2.75) is 18.9 Å². The van der Waals surface area contributed by atoms with Crippen LogP contribution >= 0.6 is 11.6 Å². The maximum absolute atomic E-state index is 5.84. The molecule has 2 heterocycles. The van der Waals surface area contributed by atoms with Gasteiger partial charge in [0.1, 0.15) is 0 Å². The third-order valence-corrected chi connectivity index (χ3v) is 3.28. The van der Waals surface area contributed by atoms with E-state index in [2.05, 4.69) is 15.5 Å². The minimum atomic E-state index is 0.337. The summed E-state index contributed by atoms with van der Waals surface area (Å²) in [6.07, 6.45) is 2.32. The monoisotopic (exact) mass is 250 g/mol. The van der Waals surface area contributed by atoms with Crippen LogP contribution in [0.15, 0.2) is 28.8 Å². The molecule has 1 aromatic heterocycles. The van der Waals surface area contributed by atoms with Crippen molar-refractivity contribution in [2.75, 3.05) is 6.54 Å². The number of aromatic nitrogens is 2. The van der Waals surface area contributed by atoms with E-state index >= 15 is 0 Å². The van der Waals surface area contributed by atoms with Crippen LogP contribution < -0.4 is 5.32 Å². The Labute approximate surface area is 104 Å². The number of hydrogen-bond acceptors (Lipinski definition) is 3. The number of rotatable bonds is 2. The molecule has 1 aliphatic heterocycles. The zero-order valence-electron chi connectivity index (χ0n) is 9.27. The minimum absolute atomic E-state index is 0.337. The highest BCUT2D eigenvalue weighted by atomic mass is 35.5. The van der Waals surface area contributed by atoms with Gasteiger partial charge in [-0.1, -0.05) is 16.8 Å². The SMILES string of the molecule is Clc1ccc(-c2noc([C@@H]3CCC[NH2+]3)n2)cc1. The Morgan fingerprint density at radius 3 is 2.82 bits per heavy atom. The first-order valence-electron chi connectivity index (χ1n) is 5.76. The van der Waals surface area contributed by atoms with Gasteiger partial charge in [0.05, 0.1) is 6.54 Å². The highest BCUT2D eigenvalue weighted by Gasteiger charge is 2.26. The summed E-state index contributed by atoms with van der Waals surface area (Å²) in [7, 11) is 0. The van der Waals surface area contributed by atoms with Crippen molar-refractivity contribution in [2.24, 2.45) is 0 Å². The number of nitrogens with zero attached hydrogens (tertiary/aromatic N) is 2. The molecule has 1 aromatic carbocycles. The van der Waals surface area contributed by atoms with Crippen LogP contribution in [0.4, 0.5) is 0 Å². The van der Waals surface area contributed by atoms with Crippen molar-refractivity contribution in [3.8, 4) is 11.4 Å². The van der Waals surface area contributed by atoms with Crippen LogP contribution in [0.3, 0.4) is 0 Å². The predicted octanol–water partition coefficient (Wildman–Crippen LogP) is 1.79. The van der Waals surface area contributed by atoms with Crippen molar-refractivity contribution in [1.82, 2.24) is 10.1 Å². The predicted molar refractivity (Wildman–Crippen MR) is 63.5 cm³/mol. The molecule has 1 aliphatic rings. The van der Waals surface area contributed by atoms with Gasteiger partial charge in [0.25, 0.3) is 5.89 Å². The van der Waals surface area contributed by atoms with Crippen LogP contribution in [-0.4, -0.2) is 16.7 Å². The molecular weight excluding hydrogens is 238 g/mol. The van der Waals surface area contributed by atoms with Crippen molar-refractivity contribution < 1.29 is 9.84 Å². The summed E-state index contributed by atoms with van der Waals surface area (Å²) in [4.78, 5) is 4.44. The van der Waals surface area contributed by atoms with E-state index in [0.717, 1.165) is 24.4 Å². The van der Waals surface area contributed by atoms with Crippen LogP contribution in [0, 0.1) is 0 Å². The lowest BCUT2D eigenvalue weighted by Gasteiger charge is -1.98. The van der Waals surface area contributed by atoms with Gasteiger partial charge in [0.2, 0.25) is 5.82 Å². The zero-order valence-corrected chi connectivity index (χ0v) is 10.0. The summed E-state index contributed by atoms with van der Waals surface area (Å²) in [6.45, 7) is 1.14. The second-order valence-electron chi connectivity index (χ2n) is 4.24. The molecule has 1 saturated heterocycles. The molecule has 1 atom stereocenters. The Bertz CT molecular complexity index is 503. The molecule has 2 N–H and O–H groups in total. The third kappa shape index (κ3) is 2.18. The average molecular weight is 251 g/mol. The molecule has 3 rings (SSSR count). The van der Waals surface area contributed by atoms with E-state index in [-0.39, 0.29) is 0 Å². The highest BCUT2D eigenvalue weighted by Crippen LogP contribution is 2.21. The van der Waals surface area contributed by atoms with Crippen LogP contribution in [0.1, 0.15) is 24.8 Å². The first-order valence-corrected chi connectivity index (χ1v) is 6.13. The van der Waals surface area contributed by atoms with Gasteiger partial charge in [0, 0.05) is 23.4 Å². The first kappa shape index (κ1) is 10.7. The van der Waals surface area contributed by atoms with E-state index in [1.54, 1.807) is 0 Å². The lowest BCUT2D eigenvalue weighted by Crippen LogP contribution is -2.81.